The summed E-state index contributed by atoms with van der Waals surface area (Å²) < 4.78 is 0. The maximum absolute atomic E-state index is 12.7. The van der Waals surface area contributed by atoms with Crippen molar-refractivity contribution in [2.75, 3.05) is 39.3 Å². The Bertz CT molecular complexity index is 496. The van der Waals surface area contributed by atoms with Gasteiger partial charge in [0.25, 0.3) is 0 Å². The molecule has 134 valence electrons. The van der Waals surface area contributed by atoms with Crippen LogP contribution in [0.4, 0.5) is 4.79 Å². The maximum atomic E-state index is 12.7. The predicted molar refractivity (Wildman–Crippen MR) is 87.4 cm³/mol. The molecule has 24 heavy (non-hydrogen) atoms. The van der Waals surface area contributed by atoms with Crippen LogP contribution in [0.2, 0.25) is 0 Å². The van der Waals surface area contributed by atoms with Gasteiger partial charge in [0.2, 0.25) is 5.91 Å². The molecule has 0 spiro atoms. The molecule has 0 aromatic rings. The number of urea groups is 1. The van der Waals surface area contributed by atoms with Crippen LogP contribution in [-0.4, -0.2) is 77.0 Å². The monoisotopic (exact) mass is 337 g/mol. The predicted octanol–water partition coefficient (Wildman–Crippen LogP) is 1.24. The zero-order valence-electron chi connectivity index (χ0n) is 14.2. The van der Waals surface area contributed by atoms with Crippen molar-refractivity contribution in [3.63, 3.8) is 0 Å². The van der Waals surface area contributed by atoms with E-state index >= 15 is 0 Å². The van der Waals surface area contributed by atoms with Crippen molar-refractivity contribution in [3.05, 3.63) is 0 Å². The summed E-state index contributed by atoms with van der Waals surface area (Å²) in [6, 6.07) is 0.0783. The lowest BCUT2D eigenvalue weighted by molar-refractivity contribution is -0.147. The van der Waals surface area contributed by atoms with Gasteiger partial charge in [-0.2, -0.15) is 0 Å². The number of carboxylic acid groups (broad SMARTS) is 1. The van der Waals surface area contributed by atoms with Crippen molar-refractivity contribution in [3.8, 4) is 0 Å². The topological polar surface area (TPSA) is 81.2 Å². The van der Waals surface area contributed by atoms with Crippen LogP contribution in [0.25, 0.3) is 0 Å². The molecular weight excluding hydrogens is 310 g/mol. The SMILES string of the molecule is O=C(O)C1CCN(C(=O)C2CCCN(C(=O)N3CCCC3)C2)CC1. The summed E-state index contributed by atoms with van der Waals surface area (Å²) in [4.78, 5) is 41.8. The van der Waals surface area contributed by atoms with Gasteiger partial charge in [0.1, 0.15) is 0 Å². The summed E-state index contributed by atoms with van der Waals surface area (Å²) in [7, 11) is 0. The smallest absolute Gasteiger partial charge is 0.320 e. The summed E-state index contributed by atoms with van der Waals surface area (Å²) in [6.45, 7) is 3.94. The van der Waals surface area contributed by atoms with Crippen LogP contribution in [0.15, 0.2) is 0 Å². The molecule has 1 N–H and O–H groups in total. The van der Waals surface area contributed by atoms with E-state index in [1.807, 2.05) is 9.80 Å². The Balaban J connectivity index is 1.53. The molecule has 3 aliphatic rings. The van der Waals surface area contributed by atoms with Crippen LogP contribution < -0.4 is 0 Å². The molecule has 3 fully saturated rings. The van der Waals surface area contributed by atoms with E-state index in [1.165, 1.54) is 0 Å². The van der Waals surface area contributed by atoms with Crippen molar-refractivity contribution in [1.29, 1.82) is 0 Å². The van der Waals surface area contributed by atoms with Gasteiger partial charge in [-0.25, -0.2) is 4.79 Å². The Kier molecular flexibility index (Phi) is 5.26. The summed E-state index contributed by atoms with van der Waals surface area (Å²) in [5, 5.41) is 9.06. The Morgan fingerprint density at radius 3 is 1.96 bits per heavy atom. The molecule has 7 nitrogen and oxygen atoms in total. The third-order valence-electron chi connectivity index (χ3n) is 5.57. The Morgan fingerprint density at radius 1 is 0.708 bits per heavy atom. The third-order valence-corrected chi connectivity index (χ3v) is 5.57. The summed E-state index contributed by atoms with van der Waals surface area (Å²) in [6.07, 6.45) is 4.89. The van der Waals surface area contributed by atoms with E-state index in [2.05, 4.69) is 0 Å². The minimum absolute atomic E-state index is 0.0783. The number of hydrogen-bond donors (Lipinski definition) is 1. The van der Waals surface area contributed by atoms with E-state index in [0.717, 1.165) is 45.3 Å². The van der Waals surface area contributed by atoms with Crippen molar-refractivity contribution < 1.29 is 19.5 Å². The second-order valence-corrected chi connectivity index (χ2v) is 7.20. The van der Waals surface area contributed by atoms with Crippen molar-refractivity contribution in [2.45, 2.75) is 38.5 Å². The number of nitrogens with zero attached hydrogens (tertiary/aromatic N) is 3. The van der Waals surface area contributed by atoms with Gasteiger partial charge >= 0.3 is 12.0 Å². The zero-order valence-corrected chi connectivity index (χ0v) is 14.2. The largest absolute Gasteiger partial charge is 0.481 e. The van der Waals surface area contributed by atoms with Gasteiger partial charge in [-0.05, 0) is 38.5 Å². The molecule has 3 heterocycles. The first-order valence-electron chi connectivity index (χ1n) is 9.11. The van der Waals surface area contributed by atoms with Gasteiger partial charge in [0.05, 0.1) is 11.8 Å². The lowest BCUT2D eigenvalue weighted by Gasteiger charge is -2.38. The first-order valence-corrected chi connectivity index (χ1v) is 9.11. The van der Waals surface area contributed by atoms with Gasteiger partial charge in [-0.3, -0.25) is 9.59 Å². The second-order valence-electron chi connectivity index (χ2n) is 7.20. The highest BCUT2D eigenvalue weighted by atomic mass is 16.4. The molecule has 3 rings (SSSR count). The summed E-state index contributed by atoms with van der Waals surface area (Å²) in [5.41, 5.74) is 0. The van der Waals surface area contributed by atoms with Crippen molar-refractivity contribution in [2.24, 2.45) is 11.8 Å². The minimum atomic E-state index is -0.762. The summed E-state index contributed by atoms with van der Waals surface area (Å²) >= 11 is 0. The number of rotatable bonds is 2. The molecule has 0 bridgehead atoms. The maximum Gasteiger partial charge on any atom is 0.320 e. The first-order chi connectivity index (χ1) is 11.6. The van der Waals surface area contributed by atoms with Crippen LogP contribution in [0.5, 0.6) is 0 Å². The molecule has 7 heteroatoms. The van der Waals surface area contributed by atoms with Crippen LogP contribution in [0.1, 0.15) is 38.5 Å². The lowest BCUT2D eigenvalue weighted by Crippen LogP contribution is -2.51. The molecule has 0 radical (unpaired) electrons. The number of piperidine rings is 2. The zero-order chi connectivity index (χ0) is 17.1. The van der Waals surface area contributed by atoms with E-state index in [4.69, 9.17) is 5.11 Å². The highest BCUT2D eigenvalue weighted by Crippen LogP contribution is 2.24. The second kappa shape index (κ2) is 7.40. The molecule has 0 aromatic heterocycles. The normalized spacial score (nSPS) is 25.8. The van der Waals surface area contributed by atoms with Crippen LogP contribution in [-0.2, 0) is 9.59 Å². The standard InChI is InChI=1S/C17H27N3O4/c21-15(18-10-5-13(6-11-18)16(22)23)14-4-3-9-20(12-14)17(24)19-7-1-2-8-19/h13-14H,1-12H2,(H,22,23). The molecule has 1 unspecified atom stereocenters. The number of aliphatic carboxylic acids is 1. The Hall–Kier alpha value is -1.79. The van der Waals surface area contributed by atoms with Crippen molar-refractivity contribution in [1.82, 2.24) is 14.7 Å². The lowest BCUT2D eigenvalue weighted by atomic mass is 9.93. The fourth-order valence-electron chi connectivity index (χ4n) is 4.07. The first kappa shape index (κ1) is 17.0. The average Bonchev–Trinajstić information content (AvgIpc) is 3.15. The van der Waals surface area contributed by atoms with E-state index < -0.39 is 5.97 Å². The van der Waals surface area contributed by atoms with Crippen LogP contribution >= 0.6 is 0 Å². The molecule has 0 aromatic carbocycles. The molecular formula is C17H27N3O4. The average molecular weight is 337 g/mol. The molecule has 0 aliphatic carbocycles. The van der Waals surface area contributed by atoms with Crippen LogP contribution in [0, 0.1) is 11.8 Å². The Morgan fingerprint density at radius 2 is 1.33 bits per heavy atom. The number of carbonyl (C=O) groups excluding carboxylic acids is 2. The number of likely N-dealkylation sites (tertiary alicyclic amines) is 3. The molecule has 0 saturated carbocycles. The Labute approximate surface area is 142 Å². The molecule has 3 saturated heterocycles. The molecule has 1 atom stereocenters. The number of carbonyl (C=O) groups is 3. The highest BCUT2D eigenvalue weighted by Gasteiger charge is 2.35. The van der Waals surface area contributed by atoms with Gasteiger partial charge in [-0.15, -0.1) is 0 Å². The fraction of sp³-hybridized carbons (Fsp3) is 0.824. The quantitative estimate of drug-likeness (QED) is 0.822. The van der Waals surface area contributed by atoms with E-state index in [-0.39, 0.29) is 23.8 Å². The third kappa shape index (κ3) is 3.65. The van der Waals surface area contributed by atoms with Gasteiger partial charge < -0.3 is 19.8 Å². The molecule has 3 aliphatic heterocycles. The van der Waals surface area contributed by atoms with Gasteiger partial charge in [-0.1, -0.05) is 0 Å². The highest BCUT2D eigenvalue weighted by molar-refractivity contribution is 5.81. The van der Waals surface area contributed by atoms with E-state index in [1.54, 1.807) is 4.90 Å². The minimum Gasteiger partial charge on any atom is -0.481 e. The number of carboxylic acids is 1. The van der Waals surface area contributed by atoms with E-state index in [9.17, 15) is 14.4 Å². The fourth-order valence-corrected chi connectivity index (χ4v) is 4.07. The number of amides is 3. The van der Waals surface area contributed by atoms with E-state index in [0.29, 0.717) is 32.5 Å². The van der Waals surface area contributed by atoms with Crippen molar-refractivity contribution >= 4 is 17.9 Å². The summed E-state index contributed by atoms with van der Waals surface area (Å²) in [5.74, 6) is -1.12. The molecule has 3 amide bonds. The number of hydrogen-bond acceptors (Lipinski definition) is 3. The van der Waals surface area contributed by atoms with Gasteiger partial charge in [0.15, 0.2) is 0 Å². The van der Waals surface area contributed by atoms with Gasteiger partial charge in [0, 0.05) is 39.3 Å². The van der Waals surface area contributed by atoms with Crippen LogP contribution in [0.3, 0.4) is 0 Å².